The highest BCUT2D eigenvalue weighted by Gasteiger charge is 2.23. The van der Waals surface area contributed by atoms with Crippen molar-refractivity contribution in [3.63, 3.8) is 0 Å². The smallest absolute Gasteiger partial charge is 0.344 e. The molecule has 0 N–H and O–H groups in total. The molecule has 3 rings (SSSR count). The summed E-state index contributed by atoms with van der Waals surface area (Å²) in [5.74, 6) is 0.812. The van der Waals surface area contributed by atoms with E-state index < -0.39 is 11.4 Å². The van der Waals surface area contributed by atoms with E-state index in [0.29, 0.717) is 38.3 Å². The number of hydrogen-bond acceptors (Lipinski definition) is 7. The molecule has 0 saturated heterocycles. The Morgan fingerprint density at radius 1 is 1.17 bits per heavy atom. The first-order valence-electron chi connectivity index (χ1n) is 10.9. The first kappa shape index (κ1) is 26.9. The Labute approximate surface area is 220 Å². The third-order valence-electron chi connectivity index (χ3n) is 4.79. The van der Waals surface area contributed by atoms with Gasteiger partial charge in [-0.1, -0.05) is 36.7 Å². The van der Waals surface area contributed by atoms with Gasteiger partial charge < -0.3 is 14.2 Å². The maximum atomic E-state index is 13.3. The lowest BCUT2D eigenvalue weighted by Gasteiger charge is -2.21. The molecule has 0 saturated carbocycles. The summed E-state index contributed by atoms with van der Waals surface area (Å²) in [7, 11) is 1.50. The molecular weight excluding hydrogens is 582 g/mol. The van der Waals surface area contributed by atoms with Crippen molar-refractivity contribution in [3.05, 3.63) is 61.0 Å². The van der Waals surface area contributed by atoms with E-state index in [0.717, 1.165) is 4.47 Å². The molecule has 0 bridgehead atoms. The molecule has 1 heterocycles. The molecule has 0 aliphatic carbocycles. The summed E-state index contributed by atoms with van der Waals surface area (Å²) >= 11 is 6.92. The number of halogens is 2. The minimum atomic E-state index is -0.478. The number of hydrogen-bond donors (Lipinski definition) is 0. The summed E-state index contributed by atoms with van der Waals surface area (Å²) in [5.41, 5.74) is 0.536. The molecule has 0 amide bonds. The third kappa shape index (κ3) is 6.49. The third-order valence-corrected chi connectivity index (χ3v) is 5.97. The molecule has 0 unspecified atom stereocenters. The molecule has 8 nitrogen and oxygen atoms in total. The Balaban J connectivity index is 2.01. The Morgan fingerprint density at radius 3 is 2.51 bits per heavy atom. The van der Waals surface area contributed by atoms with Gasteiger partial charge in [0.15, 0.2) is 18.1 Å². The van der Waals surface area contributed by atoms with E-state index in [1.807, 2.05) is 26.8 Å². The maximum absolute atomic E-state index is 13.3. The summed E-state index contributed by atoms with van der Waals surface area (Å²) in [6, 6.07) is 8.76. The van der Waals surface area contributed by atoms with Crippen molar-refractivity contribution in [1.29, 1.82) is 0 Å². The highest BCUT2D eigenvalue weighted by Crippen LogP contribution is 2.33. The highest BCUT2D eigenvalue weighted by atomic mass is 79.9. The first-order valence-corrected chi connectivity index (χ1v) is 12.5. The Kier molecular flexibility index (Phi) is 8.38. The number of fused-ring (bicyclic) bond motifs is 1. The molecule has 0 radical (unpaired) electrons. The number of ether oxygens (including phenoxy) is 3. The van der Waals surface area contributed by atoms with Crippen LogP contribution in [-0.4, -0.2) is 41.7 Å². The van der Waals surface area contributed by atoms with Gasteiger partial charge in [0.2, 0.25) is 0 Å². The standard InChI is InChI=1S/C25H27Br2N3O5/c1-14(2)35-22(31)13-34-21-11-18(27)15(9-20(21)33-6)12-28-30-23(32)17-10-16(26)7-8-19(17)29-24(30)25(3,4)5/h7-12,14H,13H2,1-6H3. The molecule has 10 heteroatoms. The van der Waals surface area contributed by atoms with Gasteiger partial charge in [-0.25, -0.2) is 9.78 Å². The predicted octanol–water partition coefficient (Wildman–Crippen LogP) is 5.44. The summed E-state index contributed by atoms with van der Waals surface area (Å²) < 4.78 is 18.9. The first-order chi connectivity index (χ1) is 16.4. The van der Waals surface area contributed by atoms with Crippen LogP contribution in [0, 0.1) is 0 Å². The van der Waals surface area contributed by atoms with Crippen LogP contribution in [0.25, 0.3) is 10.9 Å². The van der Waals surface area contributed by atoms with Gasteiger partial charge in [-0.05, 0) is 60.1 Å². The van der Waals surface area contributed by atoms with Gasteiger partial charge in [0, 0.05) is 19.9 Å². The number of carbonyl (C=O) groups excluding carboxylic acids is 1. The largest absolute Gasteiger partial charge is 0.493 e. The SMILES string of the molecule is COc1cc(C=Nn2c(C(C)(C)C)nc3ccc(Br)cc3c2=O)c(Br)cc1OCC(=O)OC(C)C. The number of esters is 1. The second kappa shape index (κ2) is 10.9. The fourth-order valence-electron chi connectivity index (χ4n) is 3.22. The Bertz CT molecular complexity index is 1340. The summed E-state index contributed by atoms with van der Waals surface area (Å²) in [6.07, 6.45) is 1.32. The summed E-state index contributed by atoms with van der Waals surface area (Å²) in [5, 5.41) is 4.95. The Hall–Kier alpha value is -2.72. The molecule has 2 aromatic carbocycles. The van der Waals surface area contributed by atoms with E-state index in [9.17, 15) is 9.59 Å². The van der Waals surface area contributed by atoms with Crippen molar-refractivity contribution in [2.45, 2.75) is 46.1 Å². The van der Waals surface area contributed by atoms with E-state index >= 15 is 0 Å². The van der Waals surface area contributed by atoms with Crippen LogP contribution in [0.3, 0.4) is 0 Å². The number of rotatable bonds is 7. The molecule has 3 aromatic rings. The zero-order valence-corrected chi connectivity index (χ0v) is 23.6. The van der Waals surface area contributed by atoms with Crippen LogP contribution in [0.4, 0.5) is 0 Å². The minimum Gasteiger partial charge on any atom is -0.493 e. The zero-order chi connectivity index (χ0) is 25.9. The quantitative estimate of drug-likeness (QED) is 0.262. The van der Waals surface area contributed by atoms with Crippen molar-refractivity contribution in [2.75, 3.05) is 13.7 Å². The summed E-state index contributed by atoms with van der Waals surface area (Å²) in [4.78, 5) is 29.9. The molecule has 186 valence electrons. The molecule has 0 aliphatic rings. The van der Waals surface area contributed by atoms with E-state index in [-0.39, 0.29) is 18.3 Å². The second-order valence-corrected chi connectivity index (χ2v) is 10.8. The van der Waals surface area contributed by atoms with Gasteiger partial charge >= 0.3 is 5.97 Å². The molecule has 0 atom stereocenters. The van der Waals surface area contributed by atoms with E-state index in [1.54, 1.807) is 44.3 Å². The van der Waals surface area contributed by atoms with Crippen LogP contribution in [0.5, 0.6) is 11.5 Å². The predicted molar refractivity (Wildman–Crippen MR) is 143 cm³/mol. The van der Waals surface area contributed by atoms with Crippen LogP contribution < -0.4 is 15.0 Å². The molecule has 0 aliphatic heterocycles. The number of benzene rings is 2. The highest BCUT2D eigenvalue weighted by molar-refractivity contribution is 9.10. The lowest BCUT2D eigenvalue weighted by Crippen LogP contribution is -2.29. The van der Waals surface area contributed by atoms with Gasteiger partial charge in [0.25, 0.3) is 5.56 Å². The zero-order valence-electron chi connectivity index (χ0n) is 20.4. The molecule has 35 heavy (non-hydrogen) atoms. The number of carbonyl (C=O) groups is 1. The maximum Gasteiger partial charge on any atom is 0.344 e. The van der Waals surface area contributed by atoms with Crippen LogP contribution in [0.2, 0.25) is 0 Å². The van der Waals surface area contributed by atoms with Crippen molar-refractivity contribution in [3.8, 4) is 11.5 Å². The lowest BCUT2D eigenvalue weighted by molar-refractivity contribution is -0.149. The average molecular weight is 609 g/mol. The number of aromatic nitrogens is 2. The fraction of sp³-hybridized carbons (Fsp3) is 0.360. The van der Waals surface area contributed by atoms with Gasteiger partial charge in [0.1, 0.15) is 5.82 Å². The molecule has 0 spiro atoms. The van der Waals surface area contributed by atoms with Crippen molar-refractivity contribution in [1.82, 2.24) is 9.66 Å². The van der Waals surface area contributed by atoms with E-state index in [1.165, 1.54) is 11.8 Å². The van der Waals surface area contributed by atoms with Crippen LogP contribution in [0.1, 0.15) is 46.0 Å². The average Bonchev–Trinajstić information content (AvgIpc) is 2.77. The number of nitrogens with zero attached hydrogens (tertiary/aromatic N) is 3. The number of methoxy groups -OCH3 is 1. The minimum absolute atomic E-state index is 0.231. The molecule has 0 fully saturated rings. The summed E-state index contributed by atoms with van der Waals surface area (Å²) in [6.45, 7) is 9.20. The topological polar surface area (TPSA) is 92.0 Å². The van der Waals surface area contributed by atoms with Gasteiger partial charge in [-0.15, -0.1) is 0 Å². The van der Waals surface area contributed by atoms with Crippen LogP contribution in [0.15, 0.2) is 49.2 Å². The van der Waals surface area contributed by atoms with Gasteiger partial charge in [0.05, 0.1) is 30.3 Å². The van der Waals surface area contributed by atoms with Crippen molar-refractivity contribution in [2.24, 2.45) is 5.10 Å². The van der Waals surface area contributed by atoms with Gasteiger partial charge in [-0.2, -0.15) is 9.78 Å². The van der Waals surface area contributed by atoms with Gasteiger partial charge in [-0.3, -0.25) is 4.79 Å². The monoisotopic (exact) mass is 607 g/mol. The van der Waals surface area contributed by atoms with Crippen LogP contribution >= 0.6 is 31.9 Å². The fourth-order valence-corrected chi connectivity index (χ4v) is 4.00. The van der Waals surface area contributed by atoms with Crippen molar-refractivity contribution >= 4 is 54.9 Å². The molecule has 1 aromatic heterocycles. The normalized spacial score (nSPS) is 11.9. The molecular formula is C25H27Br2N3O5. The lowest BCUT2D eigenvalue weighted by atomic mass is 9.95. The van der Waals surface area contributed by atoms with E-state index in [2.05, 4.69) is 37.0 Å². The van der Waals surface area contributed by atoms with E-state index in [4.69, 9.17) is 19.2 Å². The Morgan fingerprint density at radius 2 is 1.89 bits per heavy atom. The van der Waals surface area contributed by atoms with Crippen LogP contribution in [-0.2, 0) is 14.9 Å². The van der Waals surface area contributed by atoms with Crippen molar-refractivity contribution < 1.29 is 19.0 Å². The second-order valence-electron chi connectivity index (χ2n) is 9.06.